The fraction of sp³-hybridized carbons (Fsp3) is 0.417. The Balaban J connectivity index is 2.64. The molecule has 0 unspecified atom stereocenters. The van der Waals surface area contributed by atoms with E-state index in [-0.39, 0.29) is 18.2 Å². The van der Waals surface area contributed by atoms with Gasteiger partial charge in [0.25, 0.3) is 5.91 Å². The smallest absolute Gasteiger partial charge is 0.251 e. The van der Waals surface area contributed by atoms with E-state index >= 15 is 0 Å². The van der Waals surface area contributed by atoms with Gasteiger partial charge in [0.1, 0.15) is 0 Å². The largest absolute Gasteiger partial charge is 0.388 e. The minimum atomic E-state index is -3.29. The average molecular weight is 285 g/mol. The summed E-state index contributed by atoms with van der Waals surface area (Å²) in [6, 6.07) is 5.37. The number of aryl methyl sites for hydroxylation is 1. The number of anilines is 1. The molecule has 0 aromatic heterocycles. The van der Waals surface area contributed by atoms with E-state index in [1.807, 2.05) is 13.0 Å². The SMILES string of the molecule is CNc1ccc(C(=O)NCCS(=O)(=O)NC)c(C)c1. The highest BCUT2D eigenvalue weighted by Crippen LogP contribution is 2.14. The number of sulfonamides is 1. The van der Waals surface area contributed by atoms with Crippen molar-refractivity contribution in [2.75, 3.05) is 31.7 Å². The third-order valence-corrected chi connectivity index (χ3v) is 4.09. The fourth-order valence-electron chi connectivity index (χ4n) is 1.57. The van der Waals surface area contributed by atoms with E-state index in [1.165, 1.54) is 7.05 Å². The molecule has 0 aliphatic rings. The number of benzene rings is 1. The van der Waals surface area contributed by atoms with Gasteiger partial charge in [-0.1, -0.05) is 0 Å². The number of hydrogen-bond acceptors (Lipinski definition) is 4. The molecule has 1 amide bonds. The molecule has 1 aromatic carbocycles. The lowest BCUT2D eigenvalue weighted by atomic mass is 10.1. The quantitative estimate of drug-likeness (QED) is 0.702. The molecule has 0 fully saturated rings. The van der Waals surface area contributed by atoms with Gasteiger partial charge in [-0.05, 0) is 37.7 Å². The Labute approximate surface area is 113 Å². The van der Waals surface area contributed by atoms with Crippen LogP contribution in [-0.2, 0) is 10.0 Å². The molecule has 0 spiro atoms. The molecule has 1 rings (SSSR count). The number of hydrogen-bond donors (Lipinski definition) is 3. The molecule has 0 radical (unpaired) electrons. The van der Waals surface area contributed by atoms with E-state index in [0.717, 1.165) is 11.3 Å². The van der Waals surface area contributed by atoms with Gasteiger partial charge in [0.15, 0.2) is 0 Å². The van der Waals surface area contributed by atoms with Crippen molar-refractivity contribution in [3.05, 3.63) is 29.3 Å². The van der Waals surface area contributed by atoms with E-state index in [4.69, 9.17) is 0 Å². The normalized spacial score (nSPS) is 11.1. The highest BCUT2D eigenvalue weighted by molar-refractivity contribution is 7.89. The zero-order valence-electron chi connectivity index (χ0n) is 11.3. The van der Waals surface area contributed by atoms with E-state index < -0.39 is 10.0 Å². The van der Waals surface area contributed by atoms with Crippen molar-refractivity contribution in [1.29, 1.82) is 0 Å². The summed E-state index contributed by atoms with van der Waals surface area (Å²) in [5, 5.41) is 5.57. The van der Waals surface area contributed by atoms with Gasteiger partial charge in [-0.15, -0.1) is 0 Å². The molecule has 1 aromatic rings. The summed E-state index contributed by atoms with van der Waals surface area (Å²) in [4.78, 5) is 11.9. The van der Waals surface area contributed by atoms with E-state index in [1.54, 1.807) is 19.2 Å². The van der Waals surface area contributed by atoms with Crippen LogP contribution in [0.5, 0.6) is 0 Å². The van der Waals surface area contributed by atoms with Gasteiger partial charge in [0.05, 0.1) is 5.75 Å². The summed E-state index contributed by atoms with van der Waals surface area (Å²) in [5.74, 6) is -0.408. The third-order valence-electron chi connectivity index (χ3n) is 2.73. The molecule has 0 bridgehead atoms. The maximum Gasteiger partial charge on any atom is 0.251 e. The van der Waals surface area contributed by atoms with Crippen molar-refractivity contribution in [3.63, 3.8) is 0 Å². The molecule has 0 heterocycles. The highest BCUT2D eigenvalue weighted by atomic mass is 32.2. The fourth-order valence-corrected chi connectivity index (χ4v) is 2.15. The average Bonchev–Trinajstić information content (AvgIpc) is 2.38. The third kappa shape index (κ3) is 4.53. The van der Waals surface area contributed by atoms with Gasteiger partial charge in [0, 0.05) is 24.8 Å². The van der Waals surface area contributed by atoms with Crippen molar-refractivity contribution >= 4 is 21.6 Å². The molecular weight excluding hydrogens is 266 g/mol. The van der Waals surface area contributed by atoms with E-state index in [0.29, 0.717) is 5.56 Å². The summed E-state index contributed by atoms with van der Waals surface area (Å²) in [6.07, 6.45) is 0. The summed E-state index contributed by atoms with van der Waals surface area (Å²) in [7, 11) is -0.145. The molecule has 7 heteroatoms. The zero-order chi connectivity index (χ0) is 14.5. The first-order valence-electron chi connectivity index (χ1n) is 5.87. The van der Waals surface area contributed by atoms with E-state index in [2.05, 4.69) is 15.4 Å². The summed E-state index contributed by atoms with van der Waals surface area (Å²) >= 11 is 0. The Morgan fingerprint density at radius 1 is 1.26 bits per heavy atom. The number of rotatable bonds is 6. The Bertz CT molecular complexity index is 555. The molecule has 0 saturated heterocycles. The van der Waals surface area contributed by atoms with Gasteiger partial charge < -0.3 is 10.6 Å². The van der Waals surface area contributed by atoms with Crippen molar-refractivity contribution in [3.8, 4) is 0 Å². The van der Waals surface area contributed by atoms with Crippen LogP contribution in [-0.4, -0.2) is 40.7 Å². The maximum absolute atomic E-state index is 11.9. The van der Waals surface area contributed by atoms with Gasteiger partial charge in [0.2, 0.25) is 10.0 Å². The van der Waals surface area contributed by atoms with Gasteiger partial charge in [-0.2, -0.15) is 0 Å². The second kappa shape index (κ2) is 6.53. The van der Waals surface area contributed by atoms with Crippen molar-refractivity contribution in [2.24, 2.45) is 0 Å². The molecule has 0 aliphatic heterocycles. The van der Waals surface area contributed by atoms with Crippen LogP contribution in [0.2, 0.25) is 0 Å². The molecule has 0 atom stereocenters. The summed E-state index contributed by atoms with van der Waals surface area (Å²) in [5.41, 5.74) is 2.30. The number of amides is 1. The Hall–Kier alpha value is -1.60. The van der Waals surface area contributed by atoms with Crippen LogP contribution in [0.25, 0.3) is 0 Å². The van der Waals surface area contributed by atoms with Crippen LogP contribution in [0.4, 0.5) is 5.69 Å². The van der Waals surface area contributed by atoms with Crippen molar-refractivity contribution < 1.29 is 13.2 Å². The first kappa shape index (κ1) is 15.5. The van der Waals surface area contributed by atoms with E-state index in [9.17, 15) is 13.2 Å². The first-order valence-corrected chi connectivity index (χ1v) is 7.52. The van der Waals surface area contributed by atoms with Crippen LogP contribution in [0.1, 0.15) is 15.9 Å². The lowest BCUT2D eigenvalue weighted by molar-refractivity contribution is 0.0955. The Morgan fingerprint density at radius 2 is 1.95 bits per heavy atom. The second-order valence-corrected chi connectivity index (χ2v) is 6.10. The number of carbonyl (C=O) groups is 1. The Kier molecular flexibility index (Phi) is 5.31. The molecule has 0 aliphatic carbocycles. The predicted molar refractivity (Wildman–Crippen MR) is 75.9 cm³/mol. The first-order chi connectivity index (χ1) is 8.89. The van der Waals surface area contributed by atoms with Crippen molar-refractivity contribution in [1.82, 2.24) is 10.0 Å². The zero-order valence-corrected chi connectivity index (χ0v) is 12.1. The van der Waals surface area contributed by atoms with Crippen LogP contribution >= 0.6 is 0 Å². The van der Waals surface area contributed by atoms with Crippen LogP contribution in [0.15, 0.2) is 18.2 Å². The van der Waals surface area contributed by atoms with Crippen LogP contribution in [0.3, 0.4) is 0 Å². The molecule has 106 valence electrons. The molecule has 19 heavy (non-hydrogen) atoms. The van der Waals surface area contributed by atoms with Gasteiger partial charge in [-0.25, -0.2) is 13.1 Å². The summed E-state index contributed by atoms with van der Waals surface area (Å²) in [6.45, 7) is 1.91. The maximum atomic E-state index is 11.9. The Morgan fingerprint density at radius 3 is 2.47 bits per heavy atom. The predicted octanol–water partition coefficient (Wildman–Crippen LogP) is 0.316. The minimum Gasteiger partial charge on any atom is -0.388 e. The second-order valence-electron chi connectivity index (χ2n) is 4.06. The van der Waals surface area contributed by atoms with Crippen LogP contribution in [0, 0.1) is 6.92 Å². The minimum absolute atomic E-state index is 0.0786. The highest BCUT2D eigenvalue weighted by Gasteiger charge is 2.11. The van der Waals surface area contributed by atoms with Crippen molar-refractivity contribution in [2.45, 2.75) is 6.92 Å². The van der Waals surface area contributed by atoms with Gasteiger partial charge >= 0.3 is 0 Å². The molecule has 6 nitrogen and oxygen atoms in total. The topological polar surface area (TPSA) is 87.3 Å². The van der Waals surface area contributed by atoms with Crippen LogP contribution < -0.4 is 15.4 Å². The number of nitrogens with one attached hydrogen (secondary N) is 3. The number of carbonyl (C=O) groups excluding carboxylic acids is 1. The molecule has 0 saturated carbocycles. The summed E-state index contributed by atoms with van der Waals surface area (Å²) < 4.78 is 24.6. The molecule has 3 N–H and O–H groups in total. The monoisotopic (exact) mass is 285 g/mol. The van der Waals surface area contributed by atoms with Gasteiger partial charge in [-0.3, -0.25) is 4.79 Å². The lowest BCUT2D eigenvalue weighted by Gasteiger charge is -2.09. The molecular formula is C12H19N3O3S. The lowest BCUT2D eigenvalue weighted by Crippen LogP contribution is -2.33. The standard InChI is InChI=1S/C12H19N3O3S/c1-9-8-10(13-2)4-5-11(9)12(16)15-6-7-19(17,18)14-3/h4-5,8,13-14H,6-7H2,1-3H3,(H,15,16).